The van der Waals surface area contributed by atoms with E-state index in [-0.39, 0.29) is 29.7 Å². The Morgan fingerprint density at radius 3 is 2.45 bits per heavy atom. The van der Waals surface area contributed by atoms with Crippen LogP contribution in [0.3, 0.4) is 0 Å². The molecule has 0 aliphatic carbocycles. The van der Waals surface area contributed by atoms with Crippen molar-refractivity contribution in [3.05, 3.63) is 98.4 Å². The van der Waals surface area contributed by atoms with Crippen molar-refractivity contribution >= 4 is 23.7 Å². The van der Waals surface area contributed by atoms with Crippen molar-refractivity contribution in [2.24, 2.45) is 0 Å². The Morgan fingerprint density at radius 1 is 1.07 bits per heavy atom. The van der Waals surface area contributed by atoms with Crippen LogP contribution in [0.1, 0.15) is 50.2 Å². The van der Waals surface area contributed by atoms with Gasteiger partial charge < -0.3 is 24.3 Å². The van der Waals surface area contributed by atoms with E-state index in [0.29, 0.717) is 23.6 Å². The average Bonchev–Trinajstić information content (AvgIpc) is 2.96. The minimum Gasteiger partial charge on any atom is -0.466 e. The molecule has 2 aromatic rings. The van der Waals surface area contributed by atoms with E-state index >= 15 is 0 Å². The molecule has 40 heavy (non-hydrogen) atoms. The zero-order valence-corrected chi connectivity index (χ0v) is 22.7. The Kier molecular flexibility index (Phi) is 9.34. The molecule has 2 atom stereocenters. The molecule has 1 fully saturated rings. The van der Waals surface area contributed by atoms with Crippen LogP contribution >= 0.6 is 0 Å². The number of allylic oxidation sites excluding steroid dienone is 2. The molecule has 0 bridgehead atoms. The van der Waals surface area contributed by atoms with E-state index in [9.17, 15) is 19.7 Å². The van der Waals surface area contributed by atoms with E-state index in [1.54, 1.807) is 26.0 Å². The lowest BCUT2D eigenvalue weighted by molar-refractivity contribution is -0.384. The van der Waals surface area contributed by atoms with Gasteiger partial charge in [0.05, 0.1) is 35.7 Å². The molecule has 1 N–H and O–H groups in total. The smallest absolute Gasteiger partial charge is 0.337 e. The number of carbonyl (C=O) groups excluding carboxylic acids is 2. The summed E-state index contributed by atoms with van der Waals surface area (Å²) in [5.41, 5.74) is 2.45. The normalized spacial score (nSPS) is 19.3. The molecule has 0 aromatic heterocycles. The highest BCUT2D eigenvalue weighted by molar-refractivity contribution is 6.00. The number of nitrogens with zero attached hydrogens (tertiary/aromatic N) is 1. The lowest BCUT2D eigenvalue weighted by Crippen LogP contribution is -2.32. The van der Waals surface area contributed by atoms with Gasteiger partial charge in [0.15, 0.2) is 6.29 Å². The average molecular weight is 549 g/mol. The van der Waals surface area contributed by atoms with Gasteiger partial charge in [0.25, 0.3) is 5.69 Å². The highest BCUT2D eigenvalue weighted by Gasteiger charge is 2.38. The van der Waals surface area contributed by atoms with E-state index < -0.39 is 22.8 Å². The van der Waals surface area contributed by atoms with Gasteiger partial charge in [-0.05, 0) is 56.0 Å². The van der Waals surface area contributed by atoms with Crippen LogP contribution in [-0.2, 0) is 23.8 Å². The number of rotatable bonds is 9. The molecule has 0 spiro atoms. The van der Waals surface area contributed by atoms with E-state index in [1.807, 2.05) is 30.3 Å². The maximum atomic E-state index is 13.3. The van der Waals surface area contributed by atoms with Crippen LogP contribution in [0.5, 0.6) is 5.75 Å². The van der Waals surface area contributed by atoms with Crippen LogP contribution in [0.15, 0.2) is 77.1 Å². The van der Waals surface area contributed by atoms with E-state index in [4.69, 9.17) is 18.9 Å². The van der Waals surface area contributed by atoms with Crippen molar-refractivity contribution in [2.45, 2.75) is 45.3 Å². The number of benzene rings is 2. The fourth-order valence-corrected chi connectivity index (χ4v) is 4.80. The van der Waals surface area contributed by atoms with Crippen molar-refractivity contribution in [1.82, 2.24) is 5.32 Å². The van der Waals surface area contributed by atoms with Gasteiger partial charge in [-0.25, -0.2) is 9.59 Å². The second-order valence-corrected chi connectivity index (χ2v) is 9.46. The first-order chi connectivity index (χ1) is 19.3. The number of nitro groups is 1. The Hall–Kier alpha value is -4.44. The number of carbonyl (C=O) groups is 2. The zero-order chi connectivity index (χ0) is 28.6. The third-order valence-electron chi connectivity index (χ3n) is 6.71. The maximum Gasteiger partial charge on any atom is 0.337 e. The standard InChI is InChI=1S/C30H32N2O8/c1-19-26(29(33)37-3)28(22-9-6-10-23(18-22)32(35)36)27(20(2)31-19)30(34)39-17-7-8-21-12-14-24(15-13-21)40-25-11-4-5-16-38-25/h6-10,12-15,18,25,28,31H,4-5,11,16-17H2,1-3H3. The van der Waals surface area contributed by atoms with Gasteiger partial charge in [-0.3, -0.25) is 10.1 Å². The summed E-state index contributed by atoms with van der Waals surface area (Å²) in [4.78, 5) is 37.0. The van der Waals surface area contributed by atoms with Crippen LogP contribution < -0.4 is 10.1 Å². The van der Waals surface area contributed by atoms with Gasteiger partial charge in [-0.2, -0.15) is 0 Å². The van der Waals surface area contributed by atoms with Crippen molar-refractivity contribution < 1.29 is 33.5 Å². The second-order valence-electron chi connectivity index (χ2n) is 9.46. The molecule has 0 saturated carbocycles. The molecule has 4 rings (SSSR count). The van der Waals surface area contributed by atoms with Gasteiger partial charge in [0.2, 0.25) is 0 Å². The molecular weight excluding hydrogens is 516 g/mol. The quantitative estimate of drug-likeness (QED) is 0.257. The monoisotopic (exact) mass is 548 g/mol. The predicted molar refractivity (Wildman–Crippen MR) is 147 cm³/mol. The van der Waals surface area contributed by atoms with E-state index in [2.05, 4.69) is 5.32 Å². The summed E-state index contributed by atoms with van der Waals surface area (Å²) in [6, 6.07) is 13.3. The molecule has 210 valence electrons. The highest BCUT2D eigenvalue weighted by atomic mass is 16.7. The molecule has 2 unspecified atom stereocenters. The fourth-order valence-electron chi connectivity index (χ4n) is 4.80. The molecule has 10 nitrogen and oxygen atoms in total. The van der Waals surface area contributed by atoms with Crippen molar-refractivity contribution in [3.8, 4) is 5.75 Å². The van der Waals surface area contributed by atoms with Crippen LogP contribution in [0.25, 0.3) is 6.08 Å². The number of nitro benzene ring substituents is 1. The SMILES string of the molecule is COC(=O)C1=C(C)NC(C)=C(C(=O)OCC=Cc2ccc(OC3CCCCO3)cc2)C1c1cccc([N+](=O)[O-])c1. The predicted octanol–water partition coefficient (Wildman–Crippen LogP) is 5.16. The molecule has 2 aliphatic rings. The molecule has 0 amide bonds. The topological polar surface area (TPSA) is 126 Å². The fraction of sp³-hybridized carbons (Fsp3) is 0.333. The van der Waals surface area contributed by atoms with Crippen molar-refractivity contribution in [2.75, 3.05) is 20.3 Å². The van der Waals surface area contributed by atoms with E-state index in [0.717, 1.165) is 30.6 Å². The third-order valence-corrected chi connectivity index (χ3v) is 6.71. The first-order valence-electron chi connectivity index (χ1n) is 13.0. The van der Waals surface area contributed by atoms with Crippen LogP contribution in [0.4, 0.5) is 5.69 Å². The zero-order valence-electron chi connectivity index (χ0n) is 22.7. The number of ether oxygens (including phenoxy) is 4. The minimum absolute atomic E-state index is 0.0261. The number of nitrogens with one attached hydrogen (secondary N) is 1. The lowest BCUT2D eigenvalue weighted by atomic mass is 9.80. The Bertz CT molecular complexity index is 1350. The summed E-state index contributed by atoms with van der Waals surface area (Å²) in [6.07, 6.45) is 6.32. The summed E-state index contributed by atoms with van der Waals surface area (Å²) in [6.45, 7) is 4.06. The Labute approximate surface area is 232 Å². The third kappa shape index (κ3) is 6.76. The number of esters is 2. The maximum absolute atomic E-state index is 13.3. The van der Waals surface area contributed by atoms with Gasteiger partial charge in [0, 0.05) is 29.9 Å². The number of hydrogen-bond donors (Lipinski definition) is 1. The number of methoxy groups -OCH3 is 1. The first-order valence-corrected chi connectivity index (χ1v) is 13.0. The second kappa shape index (κ2) is 13.1. The number of dihydropyridines is 1. The summed E-state index contributed by atoms with van der Waals surface area (Å²) in [5.74, 6) is -1.50. The Balaban J connectivity index is 1.47. The molecule has 2 aromatic carbocycles. The molecule has 2 heterocycles. The number of hydrogen-bond acceptors (Lipinski definition) is 9. The Morgan fingerprint density at radius 2 is 1.80 bits per heavy atom. The number of non-ortho nitro benzene ring substituents is 1. The van der Waals surface area contributed by atoms with Gasteiger partial charge in [-0.15, -0.1) is 0 Å². The van der Waals surface area contributed by atoms with E-state index in [1.165, 1.54) is 25.3 Å². The van der Waals surface area contributed by atoms with Gasteiger partial charge in [0.1, 0.15) is 12.4 Å². The molecule has 1 saturated heterocycles. The molecule has 0 radical (unpaired) electrons. The molecule has 2 aliphatic heterocycles. The van der Waals surface area contributed by atoms with Crippen LogP contribution in [0, 0.1) is 10.1 Å². The summed E-state index contributed by atoms with van der Waals surface area (Å²) in [5, 5.41) is 14.5. The summed E-state index contributed by atoms with van der Waals surface area (Å²) < 4.78 is 22.0. The molecular formula is C30H32N2O8. The van der Waals surface area contributed by atoms with Crippen LogP contribution in [0.2, 0.25) is 0 Å². The minimum atomic E-state index is -0.911. The molecule has 10 heteroatoms. The summed E-state index contributed by atoms with van der Waals surface area (Å²) in [7, 11) is 1.24. The highest BCUT2D eigenvalue weighted by Crippen LogP contribution is 2.40. The summed E-state index contributed by atoms with van der Waals surface area (Å²) >= 11 is 0. The van der Waals surface area contributed by atoms with Crippen molar-refractivity contribution in [1.29, 1.82) is 0 Å². The van der Waals surface area contributed by atoms with Crippen LogP contribution in [-0.4, -0.2) is 43.5 Å². The first kappa shape index (κ1) is 28.6. The largest absolute Gasteiger partial charge is 0.466 e. The van der Waals surface area contributed by atoms with Gasteiger partial charge >= 0.3 is 11.9 Å². The lowest BCUT2D eigenvalue weighted by Gasteiger charge is -2.30. The van der Waals surface area contributed by atoms with Gasteiger partial charge in [-0.1, -0.05) is 30.3 Å². The van der Waals surface area contributed by atoms with Crippen molar-refractivity contribution in [3.63, 3.8) is 0 Å².